The Balaban J connectivity index is 1.67. The van der Waals surface area contributed by atoms with Gasteiger partial charge in [0.2, 0.25) is 0 Å². The Morgan fingerprint density at radius 3 is 2.67 bits per heavy atom. The molecular weight excluding hydrogens is 306 g/mol. The second-order valence-corrected chi connectivity index (χ2v) is 5.97. The minimum absolute atomic E-state index is 0.242. The van der Waals surface area contributed by atoms with E-state index in [1.54, 1.807) is 12.4 Å². The molecule has 0 radical (unpaired) electrons. The van der Waals surface area contributed by atoms with Crippen molar-refractivity contribution in [3.05, 3.63) is 42.0 Å². The third kappa shape index (κ3) is 3.98. The molecule has 0 atom stereocenters. The van der Waals surface area contributed by atoms with Crippen molar-refractivity contribution in [3.63, 3.8) is 0 Å². The zero-order valence-corrected chi connectivity index (χ0v) is 13.6. The standard InChI is InChI=1S/C17H21N5O2/c1-12-20-15(19-11-13-2-6-18-7-3-13)10-16(21-12)22-8-4-14(5-9-22)17(23)24/h2-3,6-7,10,14H,4-5,8-9,11H2,1H3,(H,23,24)(H,19,20,21). The van der Waals surface area contributed by atoms with Gasteiger partial charge < -0.3 is 15.3 Å². The SMILES string of the molecule is Cc1nc(NCc2ccncc2)cc(N2CCC(C(=O)O)CC2)n1. The first-order valence-electron chi connectivity index (χ1n) is 8.08. The molecule has 2 aromatic heterocycles. The van der Waals surface area contributed by atoms with E-state index in [9.17, 15) is 4.79 Å². The number of carbonyl (C=O) groups is 1. The van der Waals surface area contributed by atoms with E-state index in [0.29, 0.717) is 38.3 Å². The lowest BCUT2D eigenvalue weighted by atomic mass is 9.97. The molecule has 3 heterocycles. The number of nitrogens with zero attached hydrogens (tertiary/aromatic N) is 4. The van der Waals surface area contributed by atoms with E-state index in [4.69, 9.17) is 5.11 Å². The van der Waals surface area contributed by atoms with Gasteiger partial charge in [0.15, 0.2) is 0 Å². The van der Waals surface area contributed by atoms with Gasteiger partial charge in [0.25, 0.3) is 0 Å². The van der Waals surface area contributed by atoms with E-state index in [-0.39, 0.29) is 5.92 Å². The van der Waals surface area contributed by atoms with Gasteiger partial charge in [-0.3, -0.25) is 9.78 Å². The van der Waals surface area contributed by atoms with Crippen LogP contribution in [0.1, 0.15) is 24.2 Å². The Kier molecular flexibility index (Phi) is 4.88. The summed E-state index contributed by atoms with van der Waals surface area (Å²) in [4.78, 5) is 26.1. The molecule has 0 aromatic carbocycles. The molecule has 1 fully saturated rings. The lowest BCUT2D eigenvalue weighted by Crippen LogP contribution is -2.36. The Hall–Kier alpha value is -2.70. The highest BCUT2D eigenvalue weighted by molar-refractivity contribution is 5.70. The lowest BCUT2D eigenvalue weighted by Gasteiger charge is -2.31. The minimum Gasteiger partial charge on any atom is -0.481 e. The minimum atomic E-state index is -0.701. The second kappa shape index (κ2) is 7.25. The molecule has 1 aliphatic rings. The molecule has 0 spiro atoms. The number of aliphatic carboxylic acids is 1. The molecule has 0 unspecified atom stereocenters. The molecule has 0 aliphatic carbocycles. The third-order valence-corrected chi connectivity index (χ3v) is 4.22. The van der Waals surface area contributed by atoms with Gasteiger partial charge in [-0.2, -0.15) is 0 Å². The van der Waals surface area contributed by atoms with Crippen LogP contribution in [0.25, 0.3) is 0 Å². The number of rotatable bonds is 5. The molecule has 1 aliphatic heterocycles. The van der Waals surface area contributed by atoms with Crippen molar-refractivity contribution in [2.75, 3.05) is 23.3 Å². The molecule has 7 nitrogen and oxygen atoms in total. The van der Waals surface area contributed by atoms with E-state index in [0.717, 1.165) is 17.2 Å². The highest BCUT2D eigenvalue weighted by Gasteiger charge is 2.25. The fourth-order valence-corrected chi connectivity index (χ4v) is 2.85. The Morgan fingerprint density at radius 1 is 1.29 bits per heavy atom. The molecule has 3 rings (SSSR count). The van der Waals surface area contributed by atoms with Crippen molar-refractivity contribution in [2.24, 2.45) is 5.92 Å². The monoisotopic (exact) mass is 327 g/mol. The summed E-state index contributed by atoms with van der Waals surface area (Å²) < 4.78 is 0. The number of nitrogens with one attached hydrogen (secondary N) is 1. The average Bonchev–Trinajstić information content (AvgIpc) is 2.60. The first-order valence-corrected chi connectivity index (χ1v) is 8.08. The normalized spacial score (nSPS) is 15.3. The summed E-state index contributed by atoms with van der Waals surface area (Å²) in [7, 11) is 0. The number of carboxylic acids is 1. The van der Waals surface area contributed by atoms with Crippen LogP contribution in [0, 0.1) is 12.8 Å². The molecular formula is C17H21N5O2. The van der Waals surface area contributed by atoms with Crippen molar-refractivity contribution in [1.29, 1.82) is 0 Å². The zero-order chi connectivity index (χ0) is 16.9. The summed E-state index contributed by atoms with van der Waals surface area (Å²) in [5.41, 5.74) is 1.13. The molecule has 7 heteroatoms. The number of hydrogen-bond acceptors (Lipinski definition) is 6. The number of aryl methyl sites for hydroxylation is 1. The summed E-state index contributed by atoms with van der Waals surface area (Å²) in [6.45, 7) is 3.94. The van der Waals surface area contributed by atoms with Gasteiger partial charge in [-0.25, -0.2) is 9.97 Å². The number of hydrogen-bond donors (Lipinski definition) is 2. The van der Waals surface area contributed by atoms with Gasteiger partial charge in [-0.05, 0) is 37.5 Å². The summed E-state index contributed by atoms with van der Waals surface area (Å²) in [6, 6.07) is 5.84. The van der Waals surface area contributed by atoms with E-state index >= 15 is 0 Å². The Bertz CT molecular complexity index is 699. The van der Waals surface area contributed by atoms with Crippen LogP contribution in [0.4, 0.5) is 11.6 Å². The van der Waals surface area contributed by atoms with Crippen LogP contribution in [0.15, 0.2) is 30.6 Å². The molecule has 1 saturated heterocycles. The largest absolute Gasteiger partial charge is 0.481 e. The van der Waals surface area contributed by atoms with Crippen LogP contribution in [-0.4, -0.2) is 39.1 Å². The topological polar surface area (TPSA) is 91.2 Å². The number of piperidine rings is 1. The maximum Gasteiger partial charge on any atom is 0.306 e. The maximum atomic E-state index is 11.1. The lowest BCUT2D eigenvalue weighted by molar-refractivity contribution is -0.142. The van der Waals surface area contributed by atoms with Crippen molar-refractivity contribution >= 4 is 17.6 Å². The summed E-state index contributed by atoms with van der Waals surface area (Å²) in [6.07, 6.45) is 4.83. The van der Waals surface area contributed by atoms with Gasteiger partial charge in [0.05, 0.1) is 5.92 Å². The van der Waals surface area contributed by atoms with Crippen LogP contribution in [0.5, 0.6) is 0 Å². The van der Waals surface area contributed by atoms with E-state index in [2.05, 4.69) is 25.2 Å². The van der Waals surface area contributed by atoms with Gasteiger partial charge in [0.1, 0.15) is 17.5 Å². The molecule has 126 valence electrons. The summed E-state index contributed by atoms with van der Waals surface area (Å²) in [5, 5.41) is 12.4. The second-order valence-electron chi connectivity index (χ2n) is 5.97. The molecule has 0 saturated carbocycles. The van der Waals surface area contributed by atoms with Gasteiger partial charge in [-0.1, -0.05) is 0 Å². The quantitative estimate of drug-likeness (QED) is 0.869. The van der Waals surface area contributed by atoms with Crippen LogP contribution < -0.4 is 10.2 Å². The highest BCUT2D eigenvalue weighted by Crippen LogP contribution is 2.23. The predicted molar refractivity (Wildman–Crippen MR) is 90.9 cm³/mol. The van der Waals surface area contributed by atoms with E-state index < -0.39 is 5.97 Å². The molecule has 0 amide bonds. The number of anilines is 2. The van der Waals surface area contributed by atoms with E-state index in [1.807, 2.05) is 25.1 Å². The van der Waals surface area contributed by atoms with Crippen LogP contribution in [-0.2, 0) is 11.3 Å². The Labute approximate surface area is 140 Å². The van der Waals surface area contributed by atoms with Crippen molar-refractivity contribution in [3.8, 4) is 0 Å². The van der Waals surface area contributed by atoms with E-state index in [1.165, 1.54) is 0 Å². The molecule has 24 heavy (non-hydrogen) atoms. The van der Waals surface area contributed by atoms with Crippen LogP contribution in [0.3, 0.4) is 0 Å². The Morgan fingerprint density at radius 2 is 2.00 bits per heavy atom. The smallest absolute Gasteiger partial charge is 0.306 e. The maximum absolute atomic E-state index is 11.1. The fraction of sp³-hybridized carbons (Fsp3) is 0.412. The fourth-order valence-electron chi connectivity index (χ4n) is 2.85. The number of carboxylic acid groups (broad SMARTS) is 1. The first-order chi connectivity index (χ1) is 11.6. The number of aromatic nitrogens is 3. The summed E-state index contributed by atoms with van der Waals surface area (Å²) in [5.74, 6) is 1.38. The van der Waals surface area contributed by atoms with Gasteiger partial charge in [0, 0.05) is 38.1 Å². The van der Waals surface area contributed by atoms with Crippen LogP contribution in [0.2, 0.25) is 0 Å². The first kappa shape index (κ1) is 16.2. The van der Waals surface area contributed by atoms with Gasteiger partial charge in [-0.15, -0.1) is 0 Å². The summed E-state index contributed by atoms with van der Waals surface area (Å²) >= 11 is 0. The zero-order valence-electron chi connectivity index (χ0n) is 13.6. The molecule has 0 bridgehead atoms. The van der Waals surface area contributed by atoms with Crippen molar-refractivity contribution in [2.45, 2.75) is 26.3 Å². The van der Waals surface area contributed by atoms with Crippen molar-refractivity contribution < 1.29 is 9.90 Å². The molecule has 2 aromatic rings. The molecule has 2 N–H and O–H groups in total. The predicted octanol–water partition coefficient (Wildman–Crippen LogP) is 2.09. The number of pyridine rings is 1. The highest BCUT2D eigenvalue weighted by atomic mass is 16.4. The average molecular weight is 327 g/mol. The van der Waals surface area contributed by atoms with Gasteiger partial charge >= 0.3 is 5.97 Å². The van der Waals surface area contributed by atoms with Crippen molar-refractivity contribution in [1.82, 2.24) is 15.0 Å². The third-order valence-electron chi connectivity index (χ3n) is 4.22. The van der Waals surface area contributed by atoms with Crippen LogP contribution >= 0.6 is 0 Å².